The standard InChI is InChI=1S/C14H21NO2/c1-10-6-3-4-9-15(10)11(2)14-12(16)7-5-8-13(14)17/h5,7-8,10-11,16-17H,3-4,6,9H2,1-2H3. The molecule has 3 nitrogen and oxygen atoms in total. The van der Waals surface area contributed by atoms with E-state index < -0.39 is 0 Å². The maximum absolute atomic E-state index is 9.89. The molecule has 94 valence electrons. The number of hydrogen-bond donors (Lipinski definition) is 2. The number of piperidine rings is 1. The summed E-state index contributed by atoms with van der Waals surface area (Å²) in [7, 11) is 0. The third-order valence-electron chi connectivity index (χ3n) is 3.83. The molecule has 2 unspecified atom stereocenters. The van der Waals surface area contributed by atoms with E-state index >= 15 is 0 Å². The van der Waals surface area contributed by atoms with Crippen LogP contribution in [0.15, 0.2) is 18.2 Å². The summed E-state index contributed by atoms with van der Waals surface area (Å²) in [4.78, 5) is 2.36. The monoisotopic (exact) mass is 235 g/mol. The number of aromatic hydroxyl groups is 2. The van der Waals surface area contributed by atoms with Crippen molar-refractivity contribution >= 4 is 0 Å². The van der Waals surface area contributed by atoms with Crippen molar-refractivity contribution in [2.24, 2.45) is 0 Å². The zero-order chi connectivity index (χ0) is 12.4. The van der Waals surface area contributed by atoms with E-state index in [2.05, 4.69) is 18.7 Å². The molecule has 1 aromatic rings. The van der Waals surface area contributed by atoms with Gasteiger partial charge >= 0.3 is 0 Å². The molecule has 2 rings (SSSR count). The van der Waals surface area contributed by atoms with Crippen LogP contribution in [0.1, 0.15) is 44.7 Å². The molecule has 0 amide bonds. The summed E-state index contributed by atoms with van der Waals surface area (Å²) >= 11 is 0. The van der Waals surface area contributed by atoms with Crippen LogP contribution in [0.25, 0.3) is 0 Å². The van der Waals surface area contributed by atoms with E-state index in [9.17, 15) is 10.2 Å². The smallest absolute Gasteiger partial charge is 0.124 e. The molecule has 2 atom stereocenters. The lowest BCUT2D eigenvalue weighted by Crippen LogP contribution is -2.39. The van der Waals surface area contributed by atoms with Crippen LogP contribution in [0.2, 0.25) is 0 Å². The van der Waals surface area contributed by atoms with Crippen LogP contribution in [0, 0.1) is 0 Å². The van der Waals surface area contributed by atoms with Gasteiger partial charge in [0.05, 0.1) is 5.56 Å². The highest BCUT2D eigenvalue weighted by Crippen LogP contribution is 2.37. The van der Waals surface area contributed by atoms with Gasteiger partial charge in [0.1, 0.15) is 11.5 Å². The Kier molecular flexibility index (Phi) is 3.57. The minimum atomic E-state index is 0.0616. The highest BCUT2D eigenvalue weighted by atomic mass is 16.3. The van der Waals surface area contributed by atoms with Crippen LogP contribution in [0.3, 0.4) is 0 Å². The predicted octanol–water partition coefficient (Wildman–Crippen LogP) is 3.03. The van der Waals surface area contributed by atoms with Crippen LogP contribution in [-0.2, 0) is 0 Å². The molecular weight excluding hydrogens is 214 g/mol. The van der Waals surface area contributed by atoms with Crippen molar-refractivity contribution in [3.8, 4) is 11.5 Å². The fourth-order valence-electron chi connectivity index (χ4n) is 2.83. The number of phenolic OH excluding ortho intramolecular Hbond substituents is 2. The van der Waals surface area contributed by atoms with Crippen LogP contribution in [0.4, 0.5) is 0 Å². The quantitative estimate of drug-likeness (QED) is 0.828. The van der Waals surface area contributed by atoms with E-state index in [0.717, 1.165) is 6.54 Å². The van der Waals surface area contributed by atoms with E-state index in [1.54, 1.807) is 18.2 Å². The lowest BCUT2D eigenvalue weighted by molar-refractivity contribution is 0.111. The number of benzene rings is 1. The molecule has 0 saturated carbocycles. The Hall–Kier alpha value is -1.22. The number of nitrogens with zero attached hydrogens (tertiary/aromatic N) is 1. The molecule has 0 bridgehead atoms. The maximum Gasteiger partial charge on any atom is 0.124 e. The second-order valence-electron chi connectivity index (χ2n) is 4.97. The molecule has 1 saturated heterocycles. The van der Waals surface area contributed by atoms with Crippen molar-refractivity contribution in [3.63, 3.8) is 0 Å². The maximum atomic E-state index is 9.89. The number of hydrogen-bond acceptors (Lipinski definition) is 3. The highest BCUT2D eigenvalue weighted by molar-refractivity contribution is 5.45. The molecule has 1 aliphatic heterocycles. The molecule has 1 aliphatic rings. The first-order valence-corrected chi connectivity index (χ1v) is 6.38. The van der Waals surface area contributed by atoms with Crippen molar-refractivity contribution < 1.29 is 10.2 Å². The molecule has 0 aromatic heterocycles. The van der Waals surface area contributed by atoms with Crippen LogP contribution in [0.5, 0.6) is 11.5 Å². The van der Waals surface area contributed by atoms with E-state index in [0.29, 0.717) is 11.6 Å². The SMILES string of the molecule is CC1CCCCN1C(C)c1c(O)cccc1O. The lowest BCUT2D eigenvalue weighted by atomic mass is 9.97. The molecule has 2 N–H and O–H groups in total. The van der Waals surface area contributed by atoms with Gasteiger partial charge in [-0.25, -0.2) is 0 Å². The third kappa shape index (κ3) is 2.39. The van der Waals surface area contributed by atoms with Gasteiger partial charge in [-0.05, 0) is 45.4 Å². The predicted molar refractivity (Wildman–Crippen MR) is 68.2 cm³/mol. The minimum Gasteiger partial charge on any atom is -0.507 e. The first kappa shape index (κ1) is 12.2. The average Bonchev–Trinajstić information content (AvgIpc) is 2.29. The van der Waals surface area contributed by atoms with Gasteiger partial charge in [0, 0.05) is 12.1 Å². The molecule has 0 radical (unpaired) electrons. The van der Waals surface area contributed by atoms with Gasteiger partial charge in [-0.3, -0.25) is 4.90 Å². The zero-order valence-electron chi connectivity index (χ0n) is 10.6. The Balaban J connectivity index is 2.26. The van der Waals surface area contributed by atoms with Gasteiger partial charge in [-0.2, -0.15) is 0 Å². The fourth-order valence-corrected chi connectivity index (χ4v) is 2.83. The normalized spacial score (nSPS) is 23.5. The van der Waals surface area contributed by atoms with Crippen LogP contribution in [-0.4, -0.2) is 27.7 Å². The summed E-state index contributed by atoms with van der Waals surface area (Å²) in [6.45, 7) is 5.30. The largest absolute Gasteiger partial charge is 0.507 e. The molecule has 0 aliphatic carbocycles. The van der Waals surface area contributed by atoms with Gasteiger partial charge in [0.2, 0.25) is 0 Å². The summed E-state index contributed by atoms with van der Waals surface area (Å²) in [5.74, 6) is 0.380. The Morgan fingerprint density at radius 1 is 1.24 bits per heavy atom. The van der Waals surface area contributed by atoms with Crippen molar-refractivity contribution in [1.29, 1.82) is 0 Å². The average molecular weight is 235 g/mol. The fraction of sp³-hybridized carbons (Fsp3) is 0.571. The van der Waals surface area contributed by atoms with Gasteiger partial charge < -0.3 is 10.2 Å². The Bertz CT molecular complexity index is 372. The van der Waals surface area contributed by atoms with Crippen molar-refractivity contribution in [2.45, 2.75) is 45.2 Å². The second-order valence-corrected chi connectivity index (χ2v) is 4.97. The van der Waals surface area contributed by atoms with E-state index in [-0.39, 0.29) is 17.5 Å². The van der Waals surface area contributed by atoms with Gasteiger partial charge in [-0.1, -0.05) is 12.5 Å². The van der Waals surface area contributed by atoms with Crippen molar-refractivity contribution in [2.75, 3.05) is 6.54 Å². The summed E-state index contributed by atoms with van der Waals surface area (Å²) in [5.41, 5.74) is 0.654. The number of phenols is 2. The lowest BCUT2D eigenvalue weighted by Gasteiger charge is -2.38. The summed E-state index contributed by atoms with van der Waals surface area (Å²) < 4.78 is 0. The minimum absolute atomic E-state index is 0.0616. The Labute approximate surface area is 103 Å². The first-order valence-electron chi connectivity index (χ1n) is 6.38. The Morgan fingerprint density at radius 2 is 1.88 bits per heavy atom. The zero-order valence-corrected chi connectivity index (χ0v) is 10.6. The van der Waals surface area contributed by atoms with Gasteiger partial charge in [-0.15, -0.1) is 0 Å². The second kappa shape index (κ2) is 4.96. The number of rotatable bonds is 2. The number of likely N-dealkylation sites (tertiary alicyclic amines) is 1. The van der Waals surface area contributed by atoms with E-state index in [4.69, 9.17) is 0 Å². The molecule has 3 heteroatoms. The summed E-state index contributed by atoms with van der Waals surface area (Å²) in [6, 6.07) is 5.52. The van der Waals surface area contributed by atoms with Crippen LogP contribution >= 0.6 is 0 Å². The Morgan fingerprint density at radius 3 is 2.47 bits per heavy atom. The van der Waals surface area contributed by atoms with E-state index in [1.165, 1.54) is 19.3 Å². The van der Waals surface area contributed by atoms with Crippen molar-refractivity contribution in [3.05, 3.63) is 23.8 Å². The molecule has 1 fully saturated rings. The summed E-state index contributed by atoms with van der Waals surface area (Å²) in [6.07, 6.45) is 3.67. The van der Waals surface area contributed by atoms with Crippen molar-refractivity contribution in [1.82, 2.24) is 4.90 Å². The molecule has 1 aromatic carbocycles. The van der Waals surface area contributed by atoms with Gasteiger partial charge in [0.15, 0.2) is 0 Å². The van der Waals surface area contributed by atoms with Crippen LogP contribution < -0.4 is 0 Å². The molecule has 1 heterocycles. The third-order valence-corrected chi connectivity index (χ3v) is 3.83. The van der Waals surface area contributed by atoms with E-state index in [1.807, 2.05) is 0 Å². The molecule has 17 heavy (non-hydrogen) atoms. The first-order chi connectivity index (χ1) is 8.11. The topological polar surface area (TPSA) is 43.7 Å². The van der Waals surface area contributed by atoms with Gasteiger partial charge in [0.25, 0.3) is 0 Å². The highest BCUT2D eigenvalue weighted by Gasteiger charge is 2.27. The molecular formula is C14H21NO2. The molecule has 0 spiro atoms. The summed E-state index contributed by atoms with van der Waals surface area (Å²) in [5, 5.41) is 19.8.